The van der Waals surface area contributed by atoms with Crippen molar-refractivity contribution in [1.82, 2.24) is 9.78 Å². The fraction of sp³-hybridized carbons (Fsp3) is 0.250. The van der Waals surface area contributed by atoms with E-state index in [0.717, 1.165) is 18.3 Å². The average molecular weight is 309 g/mol. The number of hydrogen-bond acceptors (Lipinski definition) is 2. The molecule has 0 unspecified atom stereocenters. The molecule has 0 amide bonds. The van der Waals surface area contributed by atoms with Crippen molar-refractivity contribution in [1.29, 1.82) is 0 Å². The Labute approximate surface area is 115 Å². The summed E-state index contributed by atoms with van der Waals surface area (Å²) in [6.07, 6.45) is -8.33. The lowest BCUT2D eigenvalue weighted by atomic mass is 10.2. The molecule has 0 saturated heterocycles. The molecule has 114 valence electrons. The van der Waals surface area contributed by atoms with Gasteiger partial charge in [0.25, 0.3) is 0 Å². The number of nitrogens with zero attached hydrogens (tertiary/aromatic N) is 2. The predicted molar refractivity (Wildman–Crippen MR) is 61.5 cm³/mol. The lowest BCUT2D eigenvalue weighted by molar-refractivity contribution is -0.143. The zero-order valence-corrected chi connectivity index (χ0v) is 10.3. The molecule has 0 aliphatic rings. The van der Waals surface area contributed by atoms with Crippen LogP contribution in [-0.4, -0.2) is 9.78 Å². The first kappa shape index (κ1) is 15.4. The van der Waals surface area contributed by atoms with Crippen molar-refractivity contribution in [2.45, 2.75) is 18.9 Å². The Kier molecular flexibility index (Phi) is 3.70. The maximum Gasteiger partial charge on any atom is 0.433 e. The molecule has 1 aromatic heterocycles. The second-order valence-corrected chi connectivity index (χ2v) is 4.18. The molecule has 0 bridgehead atoms. The van der Waals surface area contributed by atoms with Gasteiger partial charge in [0.05, 0.1) is 17.4 Å². The molecule has 2 N–H and O–H groups in total. The van der Waals surface area contributed by atoms with Crippen molar-refractivity contribution in [3.05, 3.63) is 47.3 Å². The number of halogens is 6. The molecular weight excluding hydrogens is 300 g/mol. The Hall–Kier alpha value is -2.03. The van der Waals surface area contributed by atoms with Crippen LogP contribution >= 0.6 is 0 Å². The minimum Gasteiger partial charge on any atom is -0.326 e. The fourth-order valence-corrected chi connectivity index (χ4v) is 1.82. The number of hydrogen-bond donors (Lipinski definition) is 1. The Morgan fingerprint density at radius 3 is 1.95 bits per heavy atom. The topological polar surface area (TPSA) is 43.8 Å². The van der Waals surface area contributed by atoms with Gasteiger partial charge in [-0.1, -0.05) is 0 Å². The van der Waals surface area contributed by atoms with Gasteiger partial charge in [-0.3, -0.25) is 0 Å². The number of rotatable bonds is 2. The normalized spacial score (nSPS) is 12.7. The van der Waals surface area contributed by atoms with E-state index >= 15 is 0 Å². The van der Waals surface area contributed by atoms with Crippen LogP contribution in [0, 0.1) is 0 Å². The van der Waals surface area contributed by atoms with E-state index in [4.69, 9.17) is 5.73 Å². The van der Waals surface area contributed by atoms with E-state index in [9.17, 15) is 26.3 Å². The number of aromatic nitrogens is 2. The average Bonchev–Trinajstić information content (AvgIpc) is 2.81. The molecule has 0 spiro atoms. The highest BCUT2D eigenvalue weighted by atomic mass is 19.4. The van der Waals surface area contributed by atoms with Gasteiger partial charge >= 0.3 is 12.4 Å². The molecule has 2 aromatic rings. The predicted octanol–water partition coefficient (Wildman–Crippen LogP) is 3.37. The van der Waals surface area contributed by atoms with E-state index in [0.29, 0.717) is 16.8 Å². The molecular formula is C12H9F6N3. The van der Waals surface area contributed by atoms with Crippen LogP contribution in [0.5, 0.6) is 0 Å². The molecule has 1 aromatic carbocycles. The van der Waals surface area contributed by atoms with E-state index in [1.54, 1.807) is 0 Å². The van der Waals surface area contributed by atoms with E-state index in [2.05, 4.69) is 5.10 Å². The van der Waals surface area contributed by atoms with Crippen molar-refractivity contribution >= 4 is 0 Å². The highest BCUT2D eigenvalue weighted by Gasteiger charge is 2.38. The van der Waals surface area contributed by atoms with E-state index in [-0.39, 0.29) is 17.8 Å². The molecule has 9 heteroatoms. The van der Waals surface area contributed by atoms with Crippen LogP contribution < -0.4 is 5.73 Å². The van der Waals surface area contributed by atoms with Crippen molar-refractivity contribution < 1.29 is 26.3 Å². The van der Waals surface area contributed by atoms with Gasteiger partial charge in [-0.25, -0.2) is 4.68 Å². The van der Waals surface area contributed by atoms with Crippen LogP contribution in [-0.2, 0) is 18.9 Å². The quantitative estimate of drug-likeness (QED) is 0.864. The minimum atomic E-state index is -4.71. The van der Waals surface area contributed by atoms with Gasteiger partial charge in [0, 0.05) is 12.1 Å². The van der Waals surface area contributed by atoms with Crippen LogP contribution in [0.15, 0.2) is 30.5 Å². The Morgan fingerprint density at radius 2 is 1.52 bits per heavy atom. The van der Waals surface area contributed by atoms with Crippen LogP contribution in [0.25, 0.3) is 5.69 Å². The first-order valence-electron chi connectivity index (χ1n) is 5.66. The molecule has 0 fully saturated rings. The maximum absolute atomic E-state index is 13.0. The molecule has 21 heavy (non-hydrogen) atoms. The third-order valence-electron chi connectivity index (χ3n) is 2.77. The smallest absolute Gasteiger partial charge is 0.326 e. The van der Waals surface area contributed by atoms with Crippen LogP contribution in [0.4, 0.5) is 26.3 Å². The Bertz CT molecular complexity index is 624. The van der Waals surface area contributed by atoms with Gasteiger partial charge in [-0.15, -0.1) is 0 Å². The summed E-state index contributed by atoms with van der Waals surface area (Å²) in [5, 5.41) is 3.55. The van der Waals surface area contributed by atoms with Crippen molar-refractivity contribution in [2.24, 2.45) is 5.73 Å². The highest BCUT2D eigenvalue weighted by molar-refractivity contribution is 5.38. The van der Waals surface area contributed by atoms with Crippen LogP contribution in [0.2, 0.25) is 0 Å². The zero-order valence-electron chi connectivity index (χ0n) is 10.3. The van der Waals surface area contributed by atoms with Gasteiger partial charge in [0.15, 0.2) is 5.69 Å². The van der Waals surface area contributed by atoms with Crippen molar-refractivity contribution in [3.8, 4) is 5.69 Å². The standard InChI is InChI=1S/C12H9F6N3/c13-11(14,15)8-1-3-9(4-2-8)21-10(12(16,17)18)7(5-19)6-20-21/h1-4,6H,5,19H2. The Balaban J connectivity index is 2.50. The van der Waals surface area contributed by atoms with Gasteiger partial charge in [0.1, 0.15) is 0 Å². The van der Waals surface area contributed by atoms with Crippen molar-refractivity contribution in [2.75, 3.05) is 0 Å². The number of alkyl halides is 6. The van der Waals surface area contributed by atoms with E-state index in [1.165, 1.54) is 0 Å². The van der Waals surface area contributed by atoms with Crippen molar-refractivity contribution in [3.63, 3.8) is 0 Å². The molecule has 2 rings (SSSR count). The third kappa shape index (κ3) is 3.02. The summed E-state index contributed by atoms with van der Waals surface area (Å²) in [6.45, 7) is -0.379. The first-order chi connectivity index (χ1) is 9.64. The molecule has 0 radical (unpaired) electrons. The molecule has 0 saturated carbocycles. The molecule has 0 atom stereocenters. The maximum atomic E-state index is 13.0. The molecule has 3 nitrogen and oxygen atoms in total. The summed E-state index contributed by atoms with van der Waals surface area (Å²) in [6, 6.07) is 3.23. The summed E-state index contributed by atoms with van der Waals surface area (Å²) >= 11 is 0. The van der Waals surface area contributed by atoms with Gasteiger partial charge in [0.2, 0.25) is 0 Å². The second kappa shape index (κ2) is 5.06. The summed E-state index contributed by atoms with van der Waals surface area (Å²) in [5.74, 6) is 0. The zero-order chi connectivity index (χ0) is 15.8. The van der Waals surface area contributed by atoms with Crippen LogP contribution in [0.1, 0.15) is 16.8 Å². The largest absolute Gasteiger partial charge is 0.433 e. The first-order valence-corrected chi connectivity index (χ1v) is 5.66. The molecule has 0 aliphatic carbocycles. The number of nitrogens with two attached hydrogens (primary N) is 1. The molecule has 1 heterocycles. The summed E-state index contributed by atoms with van der Waals surface area (Å²) < 4.78 is 76.8. The fourth-order valence-electron chi connectivity index (χ4n) is 1.82. The third-order valence-corrected chi connectivity index (χ3v) is 2.77. The summed E-state index contributed by atoms with van der Waals surface area (Å²) in [4.78, 5) is 0. The minimum absolute atomic E-state index is 0.130. The number of benzene rings is 1. The van der Waals surface area contributed by atoms with Gasteiger partial charge < -0.3 is 5.73 Å². The Morgan fingerprint density at radius 1 is 0.952 bits per heavy atom. The highest BCUT2D eigenvalue weighted by Crippen LogP contribution is 2.34. The van der Waals surface area contributed by atoms with Gasteiger partial charge in [-0.05, 0) is 24.3 Å². The SMILES string of the molecule is NCc1cnn(-c2ccc(C(F)(F)F)cc2)c1C(F)(F)F. The van der Waals surface area contributed by atoms with Gasteiger partial charge in [-0.2, -0.15) is 31.4 Å². The molecule has 0 aliphatic heterocycles. The van der Waals surface area contributed by atoms with E-state index < -0.39 is 23.6 Å². The lowest BCUT2D eigenvalue weighted by Gasteiger charge is -2.13. The summed E-state index contributed by atoms with van der Waals surface area (Å²) in [7, 11) is 0. The summed E-state index contributed by atoms with van der Waals surface area (Å²) in [5.41, 5.74) is 2.81. The lowest BCUT2D eigenvalue weighted by Crippen LogP contribution is -2.17. The van der Waals surface area contributed by atoms with E-state index in [1.807, 2.05) is 0 Å². The van der Waals surface area contributed by atoms with Crippen LogP contribution in [0.3, 0.4) is 0 Å². The second-order valence-electron chi connectivity index (χ2n) is 4.18. The monoisotopic (exact) mass is 309 g/mol.